The van der Waals surface area contributed by atoms with Crippen molar-refractivity contribution in [3.8, 4) is 5.75 Å². The van der Waals surface area contributed by atoms with Gasteiger partial charge < -0.3 is 14.7 Å². The zero-order valence-corrected chi connectivity index (χ0v) is 15.5. The third kappa shape index (κ3) is 3.75. The molecule has 1 aromatic heterocycles. The van der Waals surface area contributed by atoms with Crippen LogP contribution in [0, 0.1) is 0 Å². The SMILES string of the molecule is O=C(c1cccc(O)c1)N1CCOC2(CCN(Cc3nccs3)CC2)C1. The number of likely N-dealkylation sites (tertiary alicyclic amines) is 1. The van der Waals surface area contributed by atoms with E-state index in [0.29, 0.717) is 25.3 Å². The van der Waals surface area contributed by atoms with Crippen LogP contribution in [-0.4, -0.2) is 64.2 Å². The van der Waals surface area contributed by atoms with Gasteiger partial charge in [-0.2, -0.15) is 0 Å². The molecule has 2 aliphatic rings. The van der Waals surface area contributed by atoms with Gasteiger partial charge in [0.05, 0.1) is 25.3 Å². The van der Waals surface area contributed by atoms with Crippen LogP contribution in [-0.2, 0) is 11.3 Å². The number of benzene rings is 1. The van der Waals surface area contributed by atoms with E-state index in [-0.39, 0.29) is 17.3 Å². The molecule has 0 bridgehead atoms. The van der Waals surface area contributed by atoms with Gasteiger partial charge in [-0.05, 0) is 31.0 Å². The number of hydrogen-bond acceptors (Lipinski definition) is 6. The number of amides is 1. The van der Waals surface area contributed by atoms with Gasteiger partial charge >= 0.3 is 0 Å². The summed E-state index contributed by atoms with van der Waals surface area (Å²) in [4.78, 5) is 21.4. The number of phenols is 1. The van der Waals surface area contributed by atoms with E-state index in [9.17, 15) is 9.90 Å². The zero-order chi connectivity index (χ0) is 18.0. The first-order chi connectivity index (χ1) is 12.6. The predicted molar refractivity (Wildman–Crippen MR) is 99.3 cm³/mol. The molecule has 0 unspecified atom stereocenters. The lowest BCUT2D eigenvalue weighted by Gasteiger charge is -2.47. The average molecular weight is 373 g/mol. The molecule has 6 nitrogen and oxygen atoms in total. The third-order valence-corrected chi connectivity index (χ3v) is 6.00. The minimum Gasteiger partial charge on any atom is -0.508 e. The van der Waals surface area contributed by atoms with E-state index in [4.69, 9.17) is 4.74 Å². The molecule has 26 heavy (non-hydrogen) atoms. The first-order valence-electron chi connectivity index (χ1n) is 8.97. The maximum absolute atomic E-state index is 12.8. The molecule has 1 N–H and O–H groups in total. The summed E-state index contributed by atoms with van der Waals surface area (Å²) in [5, 5.41) is 12.8. The fourth-order valence-electron chi connectivity index (χ4n) is 3.78. The second-order valence-corrected chi connectivity index (χ2v) is 7.99. The van der Waals surface area contributed by atoms with Crippen molar-refractivity contribution in [2.45, 2.75) is 25.0 Å². The topological polar surface area (TPSA) is 65.9 Å². The number of hydrogen-bond donors (Lipinski definition) is 1. The third-order valence-electron chi connectivity index (χ3n) is 5.24. The van der Waals surface area contributed by atoms with Gasteiger partial charge in [-0.25, -0.2) is 4.98 Å². The number of thiazole rings is 1. The molecular weight excluding hydrogens is 350 g/mol. The highest BCUT2D eigenvalue weighted by molar-refractivity contribution is 7.09. The van der Waals surface area contributed by atoms with Crippen LogP contribution in [0.2, 0.25) is 0 Å². The van der Waals surface area contributed by atoms with Crippen molar-refractivity contribution in [1.82, 2.24) is 14.8 Å². The minimum atomic E-state index is -0.246. The van der Waals surface area contributed by atoms with Crippen molar-refractivity contribution in [2.24, 2.45) is 0 Å². The lowest BCUT2D eigenvalue weighted by molar-refractivity contribution is -0.127. The van der Waals surface area contributed by atoms with E-state index in [2.05, 4.69) is 9.88 Å². The fourth-order valence-corrected chi connectivity index (χ4v) is 4.44. The van der Waals surface area contributed by atoms with Crippen molar-refractivity contribution in [3.05, 3.63) is 46.4 Å². The van der Waals surface area contributed by atoms with E-state index >= 15 is 0 Å². The van der Waals surface area contributed by atoms with Crippen LogP contribution < -0.4 is 0 Å². The van der Waals surface area contributed by atoms with E-state index in [1.807, 2.05) is 16.5 Å². The molecule has 1 spiro atoms. The van der Waals surface area contributed by atoms with Crippen LogP contribution in [0.25, 0.3) is 0 Å². The Labute approximate surface area is 157 Å². The Bertz CT molecular complexity index is 757. The molecule has 1 aromatic carbocycles. The standard InChI is InChI=1S/C19H23N3O3S/c23-16-3-1-2-15(12-16)18(24)22-9-10-25-19(14-22)4-7-21(8-5-19)13-17-20-6-11-26-17/h1-3,6,11-12,23H,4-5,7-10,13-14H2. The number of ether oxygens (including phenoxy) is 1. The molecule has 3 heterocycles. The Morgan fingerprint density at radius 1 is 1.31 bits per heavy atom. The maximum Gasteiger partial charge on any atom is 0.254 e. The first kappa shape index (κ1) is 17.5. The number of piperidine rings is 1. The lowest BCUT2D eigenvalue weighted by atomic mass is 9.89. The lowest BCUT2D eigenvalue weighted by Crippen LogP contribution is -2.57. The van der Waals surface area contributed by atoms with Crippen LogP contribution in [0.5, 0.6) is 5.75 Å². The molecule has 4 rings (SSSR count). The molecule has 0 saturated carbocycles. The molecule has 7 heteroatoms. The van der Waals surface area contributed by atoms with Gasteiger partial charge in [-0.15, -0.1) is 11.3 Å². The number of carbonyl (C=O) groups is 1. The first-order valence-corrected chi connectivity index (χ1v) is 9.85. The second kappa shape index (κ2) is 7.34. The molecule has 2 saturated heterocycles. The van der Waals surface area contributed by atoms with E-state index in [1.165, 1.54) is 6.07 Å². The number of aromatic nitrogens is 1. The van der Waals surface area contributed by atoms with Crippen molar-refractivity contribution < 1.29 is 14.6 Å². The van der Waals surface area contributed by atoms with Crippen molar-refractivity contribution in [2.75, 3.05) is 32.8 Å². The minimum absolute atomic E-state index is 0.0335. The van der Waals surface area contributed by atoms with Crippen molar-refractivity contribution >= 4 is 17.2 Å². The highest BCUT2D eigenvalue weighted by atomic mass is 32.1. The average Bonchev–Trinajstić information content (AvgIpc) is 3.16. The summed E-state index contributed by atoms with van der Waals surface area (Å²) in [6, 6.07) is 6.56. The van der Waals surface area contributed by atoms with Crippen LogP contribution >= 0.6 is 11.3 Å². The second-order valence-electron chi connectivity index (χ2n) is 7.01. The predicted octanol–water partition coefficient (Wildman–Crippen LogP) is 2.36. The number of rotatable bonds is 3. The van der Waals surface area contributed by atoms with E-state index < -0.39 is 0 Å². The van der Waals surface area contributed by atoms with Gasteiger partial charge in [-0.3, -0.25) is 9.69 Å². The smallest absolute Gasteiger partial charge is 0.254 e. The van der Waals surface area contributed by atoms with Gasteiger partial charge in [0.15, 0.2) is 0 Å². The number of carbonyl (C=O) groups excluding carboxylic acids is 1. The molecule has 2 aromatic rings. The van der Waals surface area contributed by atoms with Crippen LogP contribution in [0.1, 0.15) is 28.2 Å². The van der Waals surface area contributed by atoms with Crippen LogP contribution in [0.3, 0.4) is 0 Å². The summed E-state index contributed by atoms with van der Waals surface area (Å²) in [5.74, 6) is 0.0862. The Morgan fingerprint density at radius 3 is 2.88 bits per heavy atom. The molecule has 0 aliphatic carbocycles. The normalized spacial score (nSPS) is 20.4. The highest BCUT2D eigenvalue weighted by Crippen LogP contribution is 2.31. The summed E-state index contributed by atoms with van der Waals surface area (Å²) in [5.41, 5.74) is 0.285. The van der Waals surface area contributed by atoms with Crippen molar-refractivity contribution in [1.29, 1.82) is 0 Å². The summed E-state index contributed by atoms with van der Waals surface area (Å²) >= 11 is 1.69. The maximum atomic E-state index is 12.8. The van der Waals surface area contributed by atoms with Crippen molar-refractivity contribution in [3.63, 3.8) is 0 Å². The number of nitrogens with zero attached hydrogens (tertiary/aromatic N) is 3. The molecule has 2 fully saturated rings. The Balaban J connectivity index is 1.38. The molecular formula is C19H23N3O3S. The Morgan fingerprint density at radius 2 is 2.15 bits per heavy atom. The molecule has 0 radical (unpaired) electrons. The van der Waals surface area contributed by atoms with Crippen LogP contribution in [0.4, 0.5) is 0 Å². The molecule has 1 amide bonds. The van der Waals surface area contributed by atoms with Gasteiger partial charge in [0.2, 0.25) is 0 Å². The molecule has 0 atom stereocenters. The van der Waals surface area contributed by atoms with Gasteiger partial charge in [-0.1, -0.05) is 6.07 Å². The Kier molecular flexibility index (Phi) is 4.93. The number of phenolic OH excluding ortho intramolecular Hbond substituents is 1. The van der Waals surface area contributed by atoms with Gasteiger partial charge in [0.25, 0.3) is 5.91 Å². The van der Waals surface area contributed by atoms with E-state index in [1.54, 1.807) is 29.5 Å². The van der Waals surface area contributed by atoms with E-state index in [0.717, 1.165) is 37.5 Å². The number of aromatic hydroxyl groups is 1. The van der Waals surface area contributed by atoms with Gasteiger partial charge in [0.1, 0.15) is 10.8 Å². The zero-order valence-electron chi connectivity index (χ0n) is 14.6. The fraction of sp³-hybridized carbons (Fsp3) is 0.474. The summed E-state index contributed by atoms with van der Waals surface area (Å²) < 4.78 is 6.15. The summed E-state index contributed by atoms with van der Waals surface area (Å²) in [7, 11) is 0. The highest BCUT2D eigenvalue weighted by Gasteiger charge is 2.41. The molecule has 2 aliphatic heterocycles. The largest absolute Gasteiger partial charge is 0.508 e. The Hall–Kier alpha value is -1.96. The summed E-state index contributed by atoms with van der Waals surface area (Å²) in [6.45, 7) is 4.57. The van der Waals surface area contributed by atoms with Gasteiger partial charge in [0, 0.05) is 36.8 Å². The molecule has 138 valence electrons. The summed E-state index contributed by atoms with van der Waals surface area (Å²) in [6.07, 6.45) is 3.69. The number of morpholine rings is 1. The quantitative estimate of drug-likeness (QED) is 0.895. The monoisotopic (exact) mass is 373 g/mol. The van der Waals surface area contributed by atoms with Crippen LogP contribution in [0.15, 0.2) is 35.8 Å².